The van der Waals surface area contributed by atoms with E-state index >= 15 is 0 Å². The fourth-order valence-corrected chi connectivity index (χ4v) is 5.22. The lowest BCUT2D eigenvalue weighted by Crippen LogP contribution is -2.52. The van der Waals surface area contributed by atoms with Crippen LogP contribution in [0.3, 0.4) is 0 Å². The number of amidine groups is 1. The van der Waals surface area contributed by atoms with Crippen molar-refractivity contribution >= 4 is 15.9 Å². The van der Waals surface area contributed by atoms with Gasteiger partial charge in [-0.1, -0.05) is 12.1 Å². The van der Waals surface area contributed by atoms with Gasteiger partial charge in [0, 0.05) is 30.6 Å². The first-order valence-electron chi connectivity index (χ1n) is 8.80. The van der Waals surface area contributed by atoms with Crippen LogP contribution in [0.1, 0.15) is 23.2 Å². The van der Waals surface area contributed by atoms with Crippen LogP contribution >= 0.6 is 0 Å². The maximum absolute atomic E-state index is 12.2. The summed E-state index contributed by atoms with van der Waals surface area (Å²) in [5, 5.41) is 4.52. The van der Waals surface area contributed by atoms with Crippen LogP contribution in [-0.2, 0) is 29.4 Å². The molecule has 1 fully saturated rings. The van der Waals surface area contributed by atoms with Gasteiger partial charge in [0.05, 0.1) is 12.2 Å². The first-order valence-corrected chi connectivity index (χ1v) is 10.2. The van der Waals surface area contributed by atoms with Gasteiger partial charge in [-0.2, -0.15) is 13.5 Å². The van der Waals surface area contributed by atoms with Gasteiger partial charge >= 0.3 is 0 Å². The van der Waals surface area contributed by atoms with E-state index in [9.17, 15) is 13.2 Å². The lowest BCUT2D eigenvalue weighted by Gasteiger charge is -2.40. The SMILES string of the molecule is O=c1cc2c(nn1CC1CN(C3=NS(=O)(=O)c4ccccc43)C1)CCC2. The molecule has 1 aliphatic carbocycles. The maximum Gasteiger partial charge on any atom is 0.285 e. The van der Waals surface area contributed by atoms with Gasteiger partial charge < -0.3 is 4.90 Å². The Balaban J connectivity index is 1.33. The number of likely N-dealkylation sites (tertiary alicyclic amines) is 1. The molecule has 1 aromatic carbocycles. The highest BCUT2D eigenvalue weighted by Gasteiger charge is 2.37. The monoisotopic (exact) mass is 370 g/mol. The molecule has 7 nitrogen and oxygen atoms in total. The van der Waals surface area contributed by atoms with Crippen LogP contribution in [0, 0.1) is 5.92 Å². The van der Waals surface area contributed by atoms with Gasteiger partial charge in [0.1, 0.15) is 4.90 Å². The molecule has 0 unspecified atom stereocenters. The second kappa shape index (κ2) is 5.51. The van der Waals surface area contributed by atoms with Gasteiger partial charge in [-0.25, -0.2) is 4.68 Å². The van der Waals surface area contributed by atoms with Gasteiger partial charge in [0.2, 0.25) is 0 Å². The summed E-state index contributed by atoms with van der Waals surface area (Å²) in [6.45, 7) is 1.91. The van der Waals surface area contributed by atoms with Gasteiger partial charge in [-0.3, -0.25) is 4.79 Å². The maximum atomic E-state index is 12.2. The number of rotatable bonds is 2. The average Bonchev–Trinajstić information content (AvgIpc) is 3.13. The zero-order valence-electron chi connectivity index (χ0n) is 14.1. The van der Waals surface area contributed by atoms with Crippen LogP contribution in [0.5, 0.6) is 0 Å². The van der Waals surface area contributed by atoms with E-state index in [1.165, 1.54) is 0 Å². The molecule has 134 valence electrons. The predicted octanol–water partition coefficient (Wildman–Crippen LogP) is 0.813. The molecule has 3 aliphatic rings. The third-order valence-electron chi connectivity index (χ3n) is 5.32. The van der Waals surface area contributed by atoms with Crippen molar-refractivity contribution in [2.75, 3.05) is 13.1 Å². The van der Waals surface area contributed by atoms with Crippen molar-refractivity contribution in [3.05, 3.63) is 57.5 Å². The molecule has 8 heteroatoms. The quantitative estimate of drug-likeness (QED) is 0.781. The molecule has 0 radical (unpaired) electrons. The van der Waals surface area contributed by atoms with Crippen LogP contribution < -0.4 is 5.56 Å². The summed E-state index contributed by atoms with van der Waals surface area (Å²) in [6.07, 6.45) is 2.96. The summed E-state index contributed by atoms with van der Waals surface area (Å²) in [5.41, 5.74) is 2.75. The van der Waals surface area contributed by atoms with E-state index in [1.807, 2.05) is 11.0 Å². The molecule has 2 aromatic rings. The van der Waals surface area contributed by atoms with Crippen molar-refractivity contribution < 1.29 is 8.42 Å². The third-order valence-corrected chi connectivity index (χ3v) is 6.65. The smallest absolute Gasteiger partial charge is 0.285 e. The molecule has 0 amide bonds. The van der Waals surface area contributed by atoms with E-state index in [2.05, 4.69) is 9.50 Å². The summed E-state index contributed by atoms with van der Waals surface area (Å²) in [5.74, 6) is 0.781. The number of nitrogens with zero attached hydrogens (tertiary/aromatic N) is 4. The molecule has 0 atom stereocenters. The Kier molecular flexibility index (Phi) is 3.34. The van der Waals surface area contributed by atoms with Crippen molar-refractivity contribution in [1.82, 2.24) is 14.7 Å². The van der Waals surface area contributed by atoms with E-state index in [0.717, 1.165) is 30.5 Å². The molecule has 1 saturated heterocycles. The van der Waals surface area contributed by atoms with Crippen LogP contribution in [-0.4, -0.2) is 42.0 Å². The van der Waals surface area contributed by atoms with Crippen molar-refractivity contribution in [2.45, 2.75) is 30.7 Å². The first-order chi connectivity index (χ1) is 12.5. The molecule has 0 spiro atoms. The number of aromatic nitrogens is 2. The molecule has 0 N–H and O–H groups in total. The number of aryl methyl sites for hydroxylation is 2. The lowest BCUT2D eigenvalue weighted by molar-refractivity contribution is 0.161. The summed E-state index contributed by atoms with van der Waals surface area (Å²) in [4.78, 5) is 14.5. The summed E-state index contributed by atoms with van der Waals surface area (Å²) < 4.78 is 29.8. The Labute approximate surface area is 151 Å². The normalized spacial score (nSPS) is 20.5. The first kappa shape index (κ1) is 15.7. The molecule has 0 bridgehead atoms. The van der Waals surface area contributed by atoms with Crippen LogP contribution in [0.4, 0.5) is 0 Å². The Morgan fingerprint density at radius 3 is 2.81 bits per heavy atom. The number of hydrogen-bond donors (Lipinski definition) is 0. The van der Waals surface area contributed by atoms with Gasteiger partial charge in [0.15, 0.2) is 5.84 Å². The number of hydrogen-bond acceptors (Lipinski definition) is 5. The topological polar surface area (TPSA) is 84.6 Å². The number of sulfonamides is 1. The van der Waals surface area contributed by atoms with Crippen LogP contribution in [0.2, 0.25) is 0 Å². The number of fused-ring (bicyclic) bond motifs is 2. The van der Waals surface area contributed by atoms with Gasteiger partial charge in [-0.05, 0) is 37.0 Å². The van der Waals surface area contributed by atoms with Crippen molar-refractivity contribution in [2.24, 2.45) is 10.3 Å². The fraction of sp³-hybridized carbons (Fsp3) is 0.389. The Morgan fingerprint density at radius 2 is 1.96 bits per heavy atom. The third kappa shape index (κ3) is 2.39. The highest BCUT2D eigenvalue weighted by Crippen LogP contribution is 2.31. The fourth-order valence-electron chi connectivity index (χ4n) is 3.99. The van der Waals surface area contributed by atoms with Gasteiger partial charge in [-0.15, -0.1) is 4.40 Å². The van der Waals surface area contributed by atoms with E-state index in [0.29, 0.717) is 31.0 Å². The molecule has 0 saturated carbocycles. The van der Waals surface area contributed by atoms with Crippen molar-refractivity contribution in [3.63, 3.8) is 0 Å². The summed E-state index contributed by atoms with van der Waals surface area (Å²) >= 11 is 0. The molecule has 3 heterocycles. The summed E-state index contributed by atoms with van der Waals surface area (Å²) in [7, 11) is -3.59. The van der Waals surface area contributed by atoms with Gasteiger partial charge in [0.25, 0.3) is 15.6 Å². The summed E-state index contributed by atoms with van der Waals surface area (Å²) in [6, 6.07) is 8.63. The van der Waals surface area contributed by atoms with E-state index in [4.69, 9.17) is 0 Å². The zero-order valence-corrected chi connectivity index (χ0v) is 14.9. The Hall–Kier alpha value is -2.48. The minimum Gasteiger partial charge on any atom is -0.355 e. The molecule has 2 aliphatic heterocycles. The second-order valence-corrected chi connectivity index (χ2v) is 8.72. The largest absolute Gasteiger partial charge is 0.355 e. The molecular weight excluding hydrogens is 352 g/mol. The van der Waals surface area contributed by atoms with E-state index < -0.39 is 10.0 Å². The molecule has 1 aromatic heterocycles. The van der Waals surface area contributed by atoms with Crippen LogP contribution in [0.25, 0.3) is 0 Å². The van der Waals surface area contributed by atoms with Crippen LogP contribution in [0.15, 0.2) is 44.4 Å². The lowest BCUT2D eigenvalue weighted by atomic mass is 9.98. The predicted molar refractivity (Wildman–Crippen MR) is 95.7 cm³/mol. The minimum atomic E-state index is -3.59. The second-order valence-electron chi connectivity index (χ2n) is 7.15. The standard InChI is InChI=1S/C18H18N4O3S/c23-17-8-13-4-3-6-15(13)19-22(17)11-12-9-21(10-12)18-14-5-1-2-7-16(14)26(24,25)20-18/h1-2,5,7-8,12H,3-4,6,9-11H2. The Morgan fingerprint density at radius 1 is 1.15 bits per heavy atom. The molecular formula is C18H18N4O3S. The minimum absolute atomic E-state index is 0.0461. The van der Waals surface area contributed by atoms with E-state index in [-0.39, 0.29) is 16.4 Å². The Bertz CT molecular complexity index is 1100. The molecule has 26 heavy (non-hydrogen) atoms. The number of benzene rings is 1. The van der Waals surface area contributed by atoms with Crippen molar-refractivity contribution in [3.8, 4) is 0 Å². The van der Waals surface area contributed by atoms with Crippen molar-refractivity contribution in [1.29, 1.82) is 0 Å². The highest BCUT2D eigenvalue weighted by atomic mass is 32.2. The molecule has 5 rings (SSSR count). The highest BCUT2D eigenvalue weighted by molar-refractivity contribution is 7.90. The van der Waals surface area contributed by atoms with E-state index in [1.54, 1.807) is 28.9 Å². The zero-order chi connectivity index (χ0) is 17.9. The average molecular weight is 370 g/mol.